The van der Waals surface area contributed by atoms with Crippen molar-refractivity contribution in [3.05, 3.63) is 48.3 Å². The molecule has 8 heteroatoms. The van der Waals surface area contributed by atoms with Crippen LogP contribution in [-0.2, 0) is 10.0 Å². The van der Waals surface area contributed by atoms with E-state index in [1.807, 2.05) is 20.8 Å². The molecule has 0 saturated heterocycles. The zero-order valence-electron chi connectivity index (χ0n) is 13.2. The highest BCUT2D eigenvalue weighted by Gasteiger charge is 2.20. The molecule has 0 aliphatic rings. The Labute approximate surface area is 135 Å². The predicted molar refractivity (Wildman–Crippen MR) is 90.4 cm³/mol. The van der Waals surface area contributed by atoms with E-state index in [2.05, 4.69) is 15.4 Å². The molecular formula is C15H19N5O2S. The van der Waals surface area contributed by atoms with Crippen molar-refractivity contribution in [3.8, 4) is 0 Å². The van der Waals surface area contributed by atoms with E-state index in [0.29, 0.717) is 11.3 Å². The lowest BCUT2D eigenvalue weighted by molar-refractivity contribution is 0.588. The van der Waals surface area contributed by atoms with Crippen molar-refractivity contribution >= 4 is 27.0 Å². The maximum absolute atomic E-state index is 12.6. The van der Waals surface area contributed by atoms with Crippen LogP contribution in [-0.4, -0.2) is 22.4 Å². The van der Waals surface area contributed by atoms with Gasteiger partial charge in [0.05, 0.1) is 11.1 Å². The number of rotatable bonds is 3. The van der Waals surface area contributed by atoms with Gasteiger partial charge in [-0.05, 0) is 25.1 Å². The van der Waals surface area contributed by atoms with Crippen LogP contribution in [0.15, 0.2) is 47.6 Å². The van der Waals surface area contributed by atoms with Gasteiger partial charge in [-0.2, -0.15) is 0 Å². The Hall–Kier alpha value is -2.45. The Morgan fingerprint density at radius 2 is 1.78 bits per heavy atom. The number of aryl methyl sites for hydroxylation is 1. The molecule has 3 rings (SSSR count). The molecule has 0 aliphatic heterocycles. The summed E-state index contributed by atoms with van der Waals surface area (Å²) in [5, 5.41) is 0. The van der Waals surface area contributed by atoms with Crippen LogP contribution in [0.25, 0.3) is 11.2 Å². The molecule has 7 nitrogen and oxygen atoms in total. The van der Waals surface area contributed by atoms with Crippen LogP contribution in [0.1, 0.15) is 19.4 Å². The van der Waals surface area contributed by atoms with Crippen LogP contribution in [0.4, 0.5) is 5.82 Å². The molecular weight excluding hydrogens is 314 g/mol. The summed E-state index contributed by atoms with van der Waals surface area (Å²) in [5.41, 5.74) is 4.07. The van der Waals surface area contributed by atoms with E-state index in [9.17, 15) is 8.42 Å². The fourth-order valence-electron chi connectivity index (χ4n) is 1.97. The molecule has 0 bridgehead atoms. The molecule has 0 aliphatic carbocycles. The molecule has 0 radical (unpaired) electrons. The maximum atomic E-state index is 12.6. The quantitative estimate of drug-likeness (QED) is 0.563. The fourth-order valence-corrected chi connectivity index (χ4v) is 3.27. The van der Waals surface area contributed by atoms with Crippen molar-refractivity contribution in [2.45, 2.75) is 25.7 Å². The summed E-state index contributed by atoms with van der Waals surface area (Å²) in [5.74, 6) is 5.63. The number of hydrogen-bond donors (Lipinski definition) is 2. The third-order valence-electron chi connectivity index (χ3n) is 3.08. The number of anilines is 1. The zero-order valence-corrected chi connectivity index (χ0v) is 14.0. The number of nitrogens with one attached hydrogen (secondary N) is 1. The lowest BCUT2D eigenvalue weighted by atomic mass is 10.2. The Balaban J connectivity index is 0.000000924. The molecule has 122 valence electrons. The number of aromatic nitrogens is 3. The molecule has 2 heterocycles. The smallest absolute Gasteiger partial charge is 0.269 e. The largest absolute Gasteiger partial charge is 0.307 e. The summed E-state index contributed by atoms with van der Waals surface area (Å²) in [6, 6.07) is 8.22. The van der Waals surface area contributed by atoms with Gasteiger partial charge in [0.15, 0.2) is 11.5 Å². The summed E-state index contributed by atoms with van der Waals surface area (Å²) in [7, 11) is -3.70. The second-order valence-corrected chi connectivity index (χ2v) is 6.35. The monoisotopic (exact) mass is 333 g/mol. The van der Waals surface area contributed by atoms with Gasteiger partial charge in [0.2, 0.25) is 0 Å². The van der Waals surface area contributed by atoms with Gasteiger partial charge in [0, 0.05) is 6.20 Å². The lowest BCUT2D eigenvalue weighted by Crippen LogP contribution is -2.13. The van der Waals surface area contributed by atoms with Crippen LogP contribution >= 0.6 is 0 Å². The second kappa shape index (κ2) is 6.76. The number of fused-ring (bicyclic) bond motifs is 1. The van der Waals surface area contributed by atoms with Crippen molar-refractivity contribution in [1.82, 2.24) is 13.9 Å². The highest BCUT2D eigenvalue weighted by Crippen LogP contribution is 2.20. The third-order valence-corrected chi connectivity index (χ3v) is 4.76. The minimum absolute atomic E-state index is 0.202. The molecule has 0 saturated carbocycles. The molecule has 2 aromatic heterocycles. The van der Waals surface area contributed by atoms with Gasteiger partial charge in [0.1, 0.15) is 5.52 Å². The third kappa shape index (κ3) is 3.17. The number of hydrogen-bond acceptors (Lipinski definition) is 6. The van der Waals surface area contributed by atoms with Gasteiger partial charge in [-0.3, -0.25) is 0 Å². The van der Waals surface area contributed by atoms with Gasteiger partial charge in [-0.25, -0.2) is 28.2 Å². The normalized spacial score (nSPS) is 11.0. The van der Waals surface area contributed by atoms with Crippen LogP contribution in [0.3, 0.4) is 0 Å². The molecule has 23 heavy (non-hydrogen) atoms. The number of hydrazine groups is 1. The average molecular weight is 333 g/mol. The fraction of sp³-hybridized carbons (Fsp3) is 0.200. The first-order valence-electron chi connectivity index (χ1n) is 7.15. The first kappa shape index (κ1) is 16.9. The topological polar surface area (TPSA) is 103 Å². The molecule has 0 amide bonds. The first-order chi connectivity index (χ1) is 11.0. The van der Waals surface area contributed by atoms with E-state index < -0.39 is 10.0 Å². The SMILES string of the molecule is CC.Cc1ccc(S(=O)(=O)n2ccc3nc(NN)cnc32)cc1. The van der Waals surface area contributed by atoms with E-state index in [4.69, 9.17) is 5.84 Å². The van der Waals surface area contributed by atoms with Gasteiger partial charge >= 0.3 is 0 Å². The van der Waals surface area contributed by atoms with Crippen molar-refractivity contribution in [3.63, 3.8) is 0 Å². The van der Waals surface area contributed by atoms with Crippen LogP contribution < -0.4 is 11.3 Å². The molecule has 0 spiro atoms. The summed E-state index contributed by atoms with van der Waals surface area (Å²) in [6.07, 6.45) is 2.81. The van der Waals surface area contributed by atoms with Gasteiger partial charge < -0.3 is 5.43 Å². The van der Waals surface area contributed by atoms with E-state index in [1.54, 1.807) is 30.3 Å². The Morgan fingerprint density at radius 1 is 1.13 bits per heavy atom. The number of nitrogen functional groups attached to an aromatic ring is 1. The van der Waals surface area contributed by atoms with Crippen molar-refractivity contribution < 1.29 is 8.42 Å². The minimum Gasteiger partial charge on any atom is -0.307 e. The molecule has 0 fully saturated rings. The Morgan fingerprint density at radius 3 is 2.39 bits per heavy atom. The summed E-state index contributed by atoms with van der Waals surface area (Å²) >= 11 is 0. The Bertz CT molecular complexity index is 901. The number of nitrogens with two attached hydrogens (primary N) is 1. The van der Waals surface area contributed by atoms with Crippen LogP contribution in [0.2, 0.25) is 0 Å². The predicted octanol–water partition coefficient (Wildman–Crippen LogP) is 2.29. The van der Waals surface area contributed by atoms with Crippen molar-refractivity contribution in [1.29, 1.82) is 0 Å². The summed E-state index contributed by atoms with van der Waals surface area (Å²) in [6.45, 7) is 5.90. The van der Waals surface area contributed by atoms with E-state index in [1.165, 1.54) is 12.4 Å². The Kier molecular flexibility index (Phi) is 4.97. The summed E-state index contributed by atoms with van der Waals surface area (Å²) < 4.78 is 26.4. The molecule has 0 atom stereocenters. The van der Waals surface area contributed by atoms with Crippen molar-refractivity contribution in [2.75, 3.05) is 5.43 Å². The number of benzene rings is 1. The minimum atomic E-state index is -3.70. The van der Waals surface area contributed by atoms with Gasteiger partial charge in [-0.1, -0.05) is 31.5 Å². The van der Waals surface area contributed by atoms with Crippen LogP contribution in [0, 0.1) is 6.92 Å². The highest BCUT2D eigenvalue weighted by atomic mass is 32.2. The van der Waals surface area contributed by atoms with Gasteiger partial charge in [0.25, 0.3) is 10.0 Å². The van der Waals surface area contributed by atoms with E-state index in [0.717, 1.165) is 9.54 Å². The maximum Gasteiger partial charge on any atom is 0.269 e. The standard InChI is InChI=1S/C13H13N5O2S.C2H6/c1-9-2-4-10(5-3-9)21(19,20)18-7-6-11-13(18)15-8-12(16-11)17-14;1-2/h2-8H,14H2,1H3,(H,16,17);1-2H3. The van der Waals surface area contributed by atoms with Gasteiger partial charge in [-0.15, -0.1) is 0 Å². The van der Waals surface area contributed by atoms with Crippen molar-refractivity contribution in [2.24, 2.45) is 5.84 Å². The average Bonchev–Trinajstić information content (AvgIpc) is 3.00. The van der Waals surface area contributed by atoms with E-state index in [-0.39, 0.29) is 10.5 Å². The molecule has 3 aromatic rings. The second-order valence-electron chi connectivity index (χ2n) is 4.54. The molecule has 0 unspecified atom stereocenters. The molecule has 1 aromatic carbocycles. The van der Waals surface area contributed by atoms with Crippen LogP contribution in [0.5, 0.6) is 0 Å². The number of nitrogens with zero attached hydrogens (tertiary/aromatic N) is 3. The first-order valence-corrected chi connectivity index (χ1v) is 8.59. The zero-order chi connectivity index (χ0) is 17.0. The summed E-state index contributed by atoms with van der Waals surface area (Å²) in [4.78, 5) is 8.45. The molecule has 3 N–H and O–H groups in total. The highest BCUT2D eigenvalue weighted by molar-refractivity contribution is 7.90. The lowest BCUT2D eigenvalue weighted by Gasteiger charge is -2.07. The van der Waals surface area contributed by atoms with E-state index >= 15 is 0 Å².